The molecule has 0 unspecified atom stereocenters. The van der Waals surface area contributed by atoms with Gasteiger partial charge in [0.15, 0.2) is 0 Å². The number of rotatable bonds is 5. The van der Waals surface area contributed by atoms with E-state index >= 15 is 0 Å². The van der Waals surface area contributed by atoms with Gasteiger partial charge in [-0.15, -0.1) is 0 Å². The lowest BCUT2D eigenvalue weighted by Gasteiger charge is -2.09. The maximum absolute atomic E-state index is 11.3. The van der Waals surface area contributed by atoms with Gasteiger partial charge in [0, 0.05) is 0 Å². The van der Waals surface area contributed by atoms with E-state index in [2.05, 4.69) is 11.7 Å². The zero-order chi connectivity index (χ0) is 12.0. The highest BCUT2D eigenvalue weighted by Gasteiger charge is 2.09. The zero-order valence-electron chi connectivity index (χ0n) is 10.1. The van der Waals surface area contributed by atoms with Crippen molar-refractivity contribution >= 4 is 5.97 Å². The standard InChI is InChI=1S/C13H18O3/c1-4-5-6-10-7-8-11(13(14)16-3)9-12(10)15-2/h7-9H,4-6H2,1-3H3. The van der Waals surface area contributed by atoms with Gasteiger partial charge in [-0.05, 0) is 30.5 Å². The van der Waals surface area contributed by atoms with Crippen molar-refractivity contribution in [1.82, 2.24) is 0 Å². The predicted molar refractivity (Wildman–Crippen MR) is 62.9 cm³/mol. The van der Waals surface area contributed by atoms with Gasteiger partial charge in [0.25, 0.3) is 0 Å². The van der Waals surface area contributed by atoms with Crippen LogP contribution in [0.15, 0.2) is 18.2 Å². The topological polar surface area (TPSA) is 35.5 Å². The Balaban J connectivity index is 2.92. The molecule has 0 spiro atoms. The van der Waals surface area contributed by atoms with Gasteiger partial charge in [0.1, 0.15) is 5.75 Å². The summed E-state index contributed by atoms with van der Waals surface area (Å²) >= 11 is 0. The molecule has 0 bridgehead atoms. The van der Waals surface area contributed by atoms with E-state index in [0.29, 0.717) is 5.56 Å². The van der Waals surface area contributed by atoms with Gasteiger partial charge in [-0.25, -0.2) is 4.79 Å². The first-order chi connectivity index (χ1) is 7.72. The highest BCUT2D eigenvalue weighted by molar-refractivity contribution is 5.89. The molecule has 3 heteroatoms. The number of aryl methyl sites for hydroxylation is 1. The van der Waals surface area contributed by atoms with E-state index in [9.17, 15) is 4.79 Å². The molecule has 0 aliphatic heterocycles. The van der Waals surface area contributed by atoms with E-state index in [1.165, 1.54) is 7.11 Å². The molecule has 0 aliphatic rings. The number of unbranched alkanes of at least 4 members (excludes halogenated alkanes) is 1. The molecule has 0 saturated heterocycles. The average molecular weight is 222 g/mol. The van der Waals surface area contributed by atoms with Gasteiger partial charge in [0.2, 0.25) is 0 Å². The minimum atomic E-state index is -0.333. The summed E-state index contributed by atoms with van der Waals surface area (Å²) in [6.07, 6.45) is 3.23. The van der Waals surface area contributed by atoms with Crippen molar-refractivity contribution in [3.05, 3.63) is 29.3 Å². The Kier molecular flexibility index (Phi) is 4.83. The third kappa shape index (κ3) is 2.99. The van der Waals surface area contributed by atoms with Crippen LogP contribution in [0.1, 0.15) is 35.7 Å². The molecule has 1 aromatic rings. The van der Waals surface area contributed by atoms with Gasteiger partial charge in [-0.2, -0.15) is 0 Å². The van der Waals surface area contributed by atoms with Crippen molar-refractivity contribution in [3.8, 4) is 5.75 Å². The van der Waals surface area contributed by atoms with Crippen LogP contribution in [0.3, 0.4) is 0 Å². The molecule has 0 amide bonds. The fourth-order valence-corrected chi connectivity index (χ4v) is 1.56. The second kappa shape index (κ2) is 6.16. The van der Waals surface area contributed by atoms with Crippen molar-refractivity contribution in [1.29, 1.82) is 0 Å². The highest BCUT2D eigenvalue weighted by atomic mass is 16.5. The number of hydrogen-bond acceptors (Lipinski definition) is 3. The van der Waals surface area contributed by atoms with Crippen LogP contribution in [0.25, 0.3) is 0 Å². The quantitative estimate of drug-likeness (QED) is 0.719. The second-order valence-corrected chi connectivity index (χ2v) is 3.62. The second-order valence-electron chi connectivity index (χ2n) is 3.62. The Bertz CT molecular complexity index is 358. The summed E-state index contributed by atoms with van der Waals surface area (Å²) in [5, 5.41) is 0. The van der Waals surface area contributed by atoms with Gasteiger partial charge in [-0.3, -0.25) is 0 Å². The fourth-order valence-electron chi connectivity index (χ4n) is 1.56. The Morgan fingerprint density at radius 2 is 2.06 bits per heavy atom. The maximum Gasteiger partial charge on any atom is 0.337 e. The number of methoxy groups -OCH3 is 2. The van der Waals surface area contributed by atoms with E-state index < -0.39 is 0 Å². The molecule has 0 heterocycles. The van der Waals surface area contributed by atoms with E-state index in [4.69, 9.17) is 4.74 Å². The lowest BCUT2D eigenvalue weighted by Crippen LogP contribution is -2.02. The lowest BCUT2D eigenvalue weighted by molar-refractivity contribution is 0.0600. The van der Waals surface area contributed by atoms with Crippen LogP contribution in [-0.4, -0.2) is 20.2 Å². The van der Waals surface area contributed by atoms with Crippen molar-refractivity contribution in [2.45, 2.75) is 26.2 Å². The van der Waals surface area contributed by atoms with Crippen LogP contribution in [0.4, 0.5) is 0 Å². The normalized spacial score (nSPS) is 9.94. The molecule has 0 N–H and O–H groups in total. The van der Waals surface area contributed by atoms with Crippen molar-refractivity contribution in [3.63, 3.8) is 0 Å². The van der Waals surface area contributed by atoms with Gasteiger partial charge in [-0.1, -0.05) is 19.4 Å². The van der Waals surface area contributed by atoms with Crippen molar-refractivity contribution < 1.29 is 14.3 Å². The summed E-state index contributed by atoms with van der Waals surface area (Å²) in [6, 6.07) is 5.44. The number of hydrogen-bond donors (Lipinski definition) is 0. The molecule has 0 radical (unpaired) electrons. The molecule has 0 fully saturated rings. The first-order valence-corrected chi connectivity index (χ1v) is 5.48. The largest absolute Gasteiger partial charge is 0.496 e. The molecule has 0 atom stereocenters. The van der Waals surface area contributed by atoms with E-state index in [0.717, 1.165) is 30.6 Å². The number of esters is 1. The SMILES string of the molecule is CCCCc1ccc(C(=O)OC)cc1OC. The molecule has 88 valence electrons. The molecular formula is C13H18O3. The first-order valence-electron chi connectivity index (χ1n) is 5.48. The summed E-state index contributed by atoms with van der Waals surface area (Å²) in [5.74, 6) is 0.427. The summed E-state index contributed by atoms with van der Waals surface area (Å²) in [7, 11) is 2.99. The van der Waals surface area contributed by atoms with Crippen LogP contribution in [-0.2, 0) is 11.2 Å². The van der Waals surface area contributed by atoms with E-state index in [-0.39, 0.29) is 5.97 Å². The Labute approximate surface area is 96.4 Å². The minimum Gasteiger partial charge on any atom is -0.496 e. The summed E-state index contributed by atoms with van der Waals surface area (Å²) in [4.78, 5) is 11.3. The highest BCUT2D eigenvalue weighted by Crippen LogP contribution is 2.22. The number of ether oxygens (including phenoxy) is 2. The monoisotopic (exact) mass is 222 g/mol. The van der Waals surface area contributed by atoms with Crippen LogP contribution in [0, 0.1) is 0 Å². The first kappa shape index (κ1) is 12.6. The minimum absolute atomic E-state index is 0.333. The molecule has 16 heavy (non-hydrogen) atoms. The summed E-state index contributed by atoms with van der Waals surface area (Å²) in [6.45, 7) is 2.15. The van der Waals surface area contributed by atoms with Crippen LogP contribution in [0.5, 0.6) is 5.75 Å². The van der Waals surface area contributed by atoms with Gasteiger partial charge >= 0.3 is 5.97 Å². The molecule has 0 saturated carbocycles. The summed E-state index contributed by atoms with van der Waals surface area (Å²) < 4.78 is 9.93. The van der Waals surface area contributed by atoms with E-state index in [1.54, 1.807) is 19.2 Å². The van der Waals surface area contributed by atoms with Gasteiger partial charge in [0.05, 0.1) is 19.8 Å². The third-order valence-corrected chi connectivity index (χ3v) is 2.51. The molecule has 0 aromatic heterocycles. The van der Waals surface area contributed by atoms with Crippen LogP contribution < -0.4 is 4.74 Å². The van der Waals surface area contributed by atoms with E-state index in [1.807, 2.05) is 6.07 Å². The number of benzene rings is 1. The number of carbonyl (C=O) groups excluding carboxylic acids is 1. The predicted octanol–water partition coefficient (Wildman–Crippen LogP) is 2.82. The fraction of sp³-hybridized carbons (Fsp3) is 0.462. The van der Waals surface area contributed by atoms with Crippen LogP contribution >= 0.6 is 0 Å². The smallest absolute Gasteiger partial charge is 0.337 e. The third-order valence-electron chi connectivity index (χ3n) is 2.51. The molecule has 0 aliphatic carbocycles. The van der Waals surface area contributed by atoms with Crippen molar-refractivity contribution in [2.24, 2.45) is 0 Å². The Morgan fingerprint density at radius 3 is 2.62 bits per heavy atom. The molecule has 1 aromatic carbocycles. The van der Waals surface area contributed by atoms with Crippen LogP contribution in [0.2, 0.25) is 0 Å². The van der Waals surface area contributed by atoms with Crippen molar-refractivity contribution in [2.75, 3.05) is 14.2 Å². The zero-order valence-corrected chi connectivity index (χ0v) is 10.1. The Morgan fingerprint density at radius 1 is 1.31 bits per heavy atom. The van der Waals surface area contributed by atoms with Gasteiger partial charge < -0.3 is 9.47 Å². The molecule has 1 rings (SSSR count). The average Bonchev–Trinajstić information content (AvgIpc) is 2.35. The number of carbonyl (C=O) groups is 1. The maximum atomic E-state index is 11.3. The molecule has 3 nitrogen and oxygen atoms in total. The Hall–Kier alpha value is -1.51. The lowest BCUT2D eigenvalue weighted by atomic mass is 10.0. The summed E-state index contributed by atoms with van der Waals surface area (Å²) in [5.41, 5.74) is 1.66. The molecular weight excluding hydrogens is 204 g/mol.